The third-order valence-corrected chi connectivity index (χ3v) is 3.28. The zero-order valence-electron chi connectivity index (χ0n) is 10.6. The van der Waals surface area contributed by atoms with Gasteiger partial charge in [-0.15, -0.1) is 0 Å². The number of aryl methyl sites for hydroxylation is 1. The molecule has 3 nitrogen and oxygen atoms in total. The smallest absolute Gasteiger partial charge is 0.167 e. The topological polar surface area (TPSA) is 44.5 Å². The first-order chi connectivity index (χ1) is 8.11. The summed E-state index contributed by atoms with van der Waals surface area (Å²) in [7, 11) is 0. The summed E-state index contributed by atoms with van der Waals surface area (Å²) < 4.78 is 11.4. The van der Waals surface area contributed by atoms with Crippen LogP contribution < -0.4 is 5.73 Å². The highest BCUT2D eigenvalue weighted by molar-refractivity contribution is 5.28. The van der Waals surface area contributed by atoms with Crippen LogP contribution in [0.2, 0.25) is 0 Å². The van der Waals surface area contributed by atoms with E-state index in [1.54, 1.807) is 0 Å². The first-order valence-corrected chi connectivity index (χ1v) is 6.20. The number of benzene rings is 1. The van der Waals surface area contributed by atoms with Crippen LogP contribution in [0.15, 0.2) is 24.3 Å². The molecule has 0 spiro atoms. The molecular formula is C14H21NO2. The van der Waals surface area contributed by atoms with Crippen molar-refractivity contribution in [1.82, 2.24) is 0 Å². The summed E-state index contributed by atoms with van der Waals surface area (Å²) in [6.45, 7) is 5.58. The van der Waals surface area contributed by atoms with Crippen LogP contribution in [-0.4, -0.2) is 19.0 Å². The van der Waals surface area contributed by atoms with Gasteiger partial charge < -0.3 is 15.2 Å². The number of ether oxygens (including phenoxy) is 2. The van der Waals surface area contributed by atoms with E-state index in [-0.39, 0.29) is 6.04 Å². The molecule has 17 heavy (non-hydrogen) atoms. The van der Waals surface area contributed by atoms with Gasteiger partial charge in [-0.25, -0.2) is 0 Å². The molecule has 1 atom stereocenters. The summed E-state index contributed by atoms with van der Waals surface area (Å²) in [6.07, 6.45) is 1.66. The van der Waals surface area contributed by atoms with Gasteiger partial charge in [-0.2, -0.15) is 0 Å². The molecule has 1 aromatic rings. The first-order valence-electron chi connectivity index (χ1n) is 6.20. The SMILES string of the molecule is Cc1ccccc1C(N)CC1(C)OCCCO1. The van der Waals surface area contributed by atoms with Gasteiger partial charge in [0.15, 0.2) is 5.79 Å². The van der Waals surface area contributed by atoms with E-state index in [4.69, 9.17) is 15.2 Å². The number of hydrogen-bond donors (Lipinski definition) is 1. The molecule has 94 valence electrons. The molecule has 0 saturated carbocycles. The normalized spacial score (nSPS) is 21.1. The van der Waals surface area contributed by atoms with Crippen LogP contribution in [0.5, 0.6) is 0 Å². The predicted molar refractivity (Wildman–Crippen MR) is 67.7 cm³/mol. The molecule has 2 N–H and O–H groups in total. The molecule has 3 heteroatoms. The average Bonchev–Trinajstić information content (AvgIpc) is 2.29. The zero-order valence-corrected chi connectivity index (χ0v) is 10.6. The Balaban J connectivity index is 2.06. The van der Waals surface area contributed by atoms with Gasteiger partial charge in [0.1, 0.15) is 0 Å². The quantitative estimate of drug-likeness (QED) is 0.875. The zero-order chi connectivity index (χ0) is 12.3. The fraction of sp³-hybridized carbons (Fsp3) is 0.571. The summed E-state index contributed by atoms with van der Waals surface area (Å²) in [5.41, 5.74) is 8.65. The van der Waals surface area contributed by atoms with E-state index in [1.807, 2.05) is 19.1 Å². The Bertz CT molecular complexity index is 372. The largest absolute Gasteiger partial charge is 0.350 e. The molecule has 1 aliphatic heterocycles. The van der Waals surface area contributed by atoms with Gasteiger partial charge in [-0.3, -0.25) is 0 Å². The Hall–Kier alpha value is -0.900. The Morgan fingerprint density at radius 1 is 1.29 bits per heavy atom. The predicted octanol–water partition coefficient (Wildman–Crippen LogP) is 2.54. The van der Waals surface area contributed by atoms with Gasteiger partial charge in [0, 0.05) is 12.5 Å². The number of hydrogen-bond acceptors (Lipinski definition) is 3. The summed E-state index contributed by atoms with van der Waals surface area (Å²) in [4.78, 5) is 0. The van der Waals surface area contributed by atoms with Gasteiger partial charge >= 0.3 is 0 Å². The minimum Gasteiger partial charge on any atom is -0.350 e. The molecule has 0 bridgehead atoms. The first kappa shape index (κ1) is 12.6. The van der Waals surface area contributed by atoms with E-state index in [2.05, 4.69) is 19.1 Å². The van der Waals surface area contributed by atoms with Crippen molar-refractivity contribution < 1.29 is 9.47 Å². The Kier molecular flexibility index (Phi) is 3.82. The van der Waals surface area contributed by atoms with Crippen LogP contribution in [0, 0.1) is 6.92 Å². The second-order valence-corrected chi connectivity index (χ2v) is 4.85. The fourth-order valence-electron chi connectivity index (χ4n) is 2.31. The van der Waals surface area contributed by atoms with E-state index in [0.29, 0.717) is 6.42 Å². The van der Waals surface area contributed by atoms with E-state index in [0.717, 1.165) is 19.6 Å². The van der Waals surface area contributed by atoms with Crippen molar-refractivity contribution in [1.29, 1.82) is 0 Å². The highest BCUT2D eigenvalue weighted by Gasteiger charge is 2.31. The lowest BCUT2D eigenvalue weighted by molar-refractivity contribution is -0.260. The summed E-state index contributed by atoms with van der Waals surface area (Å²) in [5.74, 6) is -0.528. The fourth-order valence-corrected chi connectivity index (χ4v) is 2.31. The molecule has 1 aromatic carbocycles. The summed E-state index contributed by atoms with van der Waals surface area (Å²) in [5, 5.41) is 0. The lowest BCUT2D eigenvalue weighted by Crippen LogP contribution is -2.40. The summed E-state index contributed by atoms with van der Waals surface area (Å²) >= 11 is 0. The van der Waals surface area contributed by atoms with Crippen LogP contribution in [0.4, 0.5) is 0 Å². The molecule has 0 amide bonds. The lowest BCUT2D eigenvalue weighted by Gasteiger charge is -2.36. The van der Waals surface area contributed by atoms with Crippen molar-refractivity contribution in [2.24, 2.45) is 5.73 Å². The maximum atomic E-state index is 6.25. The summed E-state index contributed by atoms with van der Waals surface area (Å²) in [6, 6.07) is 8.17. The minimum atomic E-state index is -0.528. The number of rotatable bonds is 3. The monoisotopic (exact) mass is 235 g/mol. The maximum Gasteiger partial charge on any atom is 0.167 e. The van der Waals surface area contributed by atoms with E-state index >= 15 is 0 Å². The maximum absolute atomic E-state index is 6.25. The van der Waals surface area contributed by atoms with Crippen molar-refractivity contribution in [3.63, 3.8) is 0 Å². The van der Waals surface area contributed by atoms with Crippen molar-refractivity contribution in [3.05, 3.63) is 35.4 Å². The van der Waals surface area contributed by atoms with E-state index in [1.165, 1.54) is 11.1 Å². The highest BCUT2D eigenvalue weighted by atomic mass is 16.7. The Morgan fingerprint density at radius 3 is 2.59 bits per heavy atom. The lowest BCUT2D eigenvalue weighted by atomic mass is 9.96. The Labute approximate surface area is 103 Å². The third-order valence-electron chi connectivity index (χ3n) is 3.28. The highest BCUT2D eigenvalue weighted by Crippen LogP contribution is 2.29. The van der Waals surface area contributed by atoms with Crippen molar-refractivity contribution >= 4 is 0 Å². The van der Waals surface area contributed by atoms with Gasteiger partial charge in [0.25, 0.3) is 0 Å². The molecule has 1 aliphatic rings. The molecule has 0 radical (unpaired) electrons. The van der Waals surface area contributed by atoms with Gasteiger partial charge in [-0.05, 0) is 31.4 Å². The Morgan fingerprint density at radius 2 is 1.94 bits per heavy atom. The van der Waals surface area contributed by atoms with Gasteiger partial charge in [0.05, 0.1) is 13.2 Å². The standard InChI is InChI=1S/C14H21NO2/c1-11-6-3-4-7-12(11)13(15)10-14(2)16-8-5-9-17-14/h3-4,6-7,13H,5,8-10,15H2,1-2H3. The third kappa shape index (κ3) is 3.06. The van der Waals surface area contributed by atoms with E-state index in [9.17, 15) is 0 Å². The van der Waals surface area contributed by atoms with Crippen molar-refractivity contribution in [3.8, 4) is 0 Å². The number of nitrogens with two attached hydrogens (primary N) is 1. The van der Waals surface area contributed by atoms with Crippen molar-refractivity contribution in [2.45, 2.75) is 38.5 Å². The second-order valence-electron chi connectivity index (χ2n) is 4.85. The molecular weight excluding hydrogens is 214 g/mol. The van der Waals surface area contributed by atoms with Crippen LogP contribution in [0.1, 0.15) is 36.9 Å². The molecule has 1 fully saturated rings. The second kappa shape index (κ2) is 5.17. The van der Waals surface area contributed by atoms with Crippen LogP contribution in [0.25, 0.3) is 0 Å². The van der Waals surface area contributed by atoms with Gasteiger partial charge in [0.2, 0.25) is 0 Å². The van der Waals surface area contributed by atoms with Gasteiger partial charge in [-0.1, -0.05) is 24.3 Å². The van der Waals surface area contributed by atoms with Crippen molar-refractivity contribution in [2.75, 3.05) is 13.2 Å². The van der Waals surface area contributed by atoms with Crippen LogP contribution in [-0.2, 0) is 9.47 Å². The van der Waals surface area contributed by atoms with Crippen LogP contribution in [0.3, 0.4) is 0 Å². The van der Waals surface area contributed by atoms with Crippen LogP contribution >= 0.6 is 0 Å². The molecule has 1 saturated heterocycles. The average molecular weight is 235 g/mol. The minimum absolute atomic E-state index is 0.0423. The molecule has 0 aliphatic carbocycles. The molecule has 1 heterocycles. The molecule has 2 rings (SSSR count). The molecule has 0 aromatic heterocycles. The van der Waals surface area contributed by atoms with E-state index < -0.39 is 5.79 Å². The molecule has 1 unspecified atom stereocenters.